The van der Waals surface area contributed by atoms with E-state index in [1.165, 1.54) is 25.0 Å². The Balaban J connectivity index is 2.83. The van der Waals surface area contributed by atoms with Gasteiger partial charge in [0.25, 0.3) is 0 Å². The zero-order chi connectivity index (χ0) is 20.8. The molecule has 1 aromatic rings. The lowest BCUT2D eigenvalue weighted by atomic mass is 10.2. The first kappa shape index (κ1) is 21.0. The van der Waals surface area contributed by atoms with Crippen LogP contribution in [0.15, 0.2) is 12.3 Å². The predicted molar refractivity (Wildman–Crippen MR) is 96.9 cm³/mol. The van der Waals surface area contributed by atoms with E-state index in [1.54, 1.807) is 0 Å². The summed E-state index contributed by atoms with van der Waals surface area (Å²) in [6.07, 6.45) is 3.88. The number of carbonyl (C=O) groups is 4. The molecule has 0 amide bonds. The fraction of sp³-hybridized carbons (Fsp3) is 0.444. The number of ether oxygens (including phenoxy) is 4. The molecule has 0 aromatic carbocycles. The number of aromatic nitrogens is 1. The summed E-state index contributed by atoms with van der Waals surface area (Å²) in [6, 6.07) is 0. The van der Waals surface area contributed by atoms with Crippen LogP contribution < -0.4 is 4.90 Å². The zero-order valence-electron chi connectivity index (χ0n) is 16.1. The lowest BCUT2D eigenvalue weighted by Crippen LogP contribution is -2.25. The summed E-state index contributed by atoms with van der Waals surface area (Å²) in [5.74, 6) is -2.98. The lowest BCUT2D eigenvalue weighted by molar-refractivity contribution is -0.137. The van der Waals surface area contributed by atoms with Crippen molar-refractivity contribution in [2.24, 2.45) is 0 Å². The topological polar surface area (TPSA) is 113 Å². The molecule has 2 rings (SSSR count). The highest BCUT2D eigenvalue weighted by Crippen LogP contribution is 2.33. The number of rotatable bonds is 6. The van der Waals surface area contributed by atoms with Crippen LogP contribution in [0.4, 0.5) is 5.82 Å². The van der Waals surface area contributed by atoms with E-state index in [-0.39, 0.29) is 22.6 Å². The summed E-state index contributed by atoms with van der Waals surface area (Å²) < 4.78 is 20.2. The van der Waals surface area contributed by atoms with Crippen molar-refractivity contribution in [3.63, 3.8) is 0 Å². The van der Waals surface area contributed by atoms with Crippen LogP contribution in [0.25, 0.3) is 5.70 Å². The highest BCUT2D eigenvalue weighted by molar-refractivity contribution is 6.17. The van der Waals surface area contributed by atoms with Crippen molar-refractivity contribution in [2.75, 3.05) is 46.4 Å². The zero-order valence-corrected chi connectivity index (χ0v) is 16.1. The summed E-state index contributed by atoms with van der Waals surface area (Å²) in [4.78, 5) is 50.8. The van der Waals surface area contributed by atoms with Gasteiger partial charge in [0, 0.05) is 19.3 Å². The molecule has 0 aliphatic carbocycles. The molecule has 28 heavy (non-hydrogen) atoms. The number of esters is 4. The van der Waals surface area contributed by atoms with Crippen molar-refractivity contribution in [3.8, 4) is 0 Å². The van der Waals surface area contributed by atoms with Crippen LogP contribution in [0.2, 0.25) is 0 Å². The van der Waals surface area contributed by atoms with Crippen molar-refractivity contribution in [1.29, 1.82) is 0 Å². The predicted octanol–water partition coefficient (Wildman–Crippen LogP) is 0.848. The fourth-order valence-electron chi connectivity index (χ4n) is 2.99. The second-order valence-corrected chi connectivity index (χ2v) is 5.83. The molecular weight excluding hydrogens is 372 g/mol. The van der Waals surface area contributed by atoms with E-state index in [0.717, 1.165) is 33.1 Å². The third-order valence-electron chi connectivity index (χ3n) is 4.29. The van der Waals surface area contributed by atoms with Crippen LogP contribution >= 0.6 is 0 Å². The van der Waals surface area contributed by atoms with Gasteiger partial charge in [-0.05, 0) is 12.8 Å². The molecule has 0 atom stereocenters. The van der Waals surface area contributed by atoms with Crippen molar-refractivity contribution in [2.45, 2.75) is 12.8 Å². The van der Waals surface area contributed by atoms with Crippen LogP contribution in [-0.2, 0) is 28.5 Å². The normalized spacial score (nSPS) is 13.9. The maximum absolute atomic E-state index is 12.5. The maximum Gasteiger partial charge on any atom is 0.355 e. The Labute approximate surface area is 161 Å². The standard InChI is InChI=1S/C18H22N2O8/c1-25-13(21)9-12(17(23)27-3)20-10-11(16(22)26-2)14(18(24)28-4)15(20)19-7-5-6-8-19/h9-10H,5-8H2,1-4H3/b12-9+. The number of carbonyl (C=O) groups excluding carboxylic acids is 4. The van der Waals surface area contributed by atoms with Gasteiger partial charge in [-0.1, -0.05) is 0 Å². The van der Waals surface area contributed by atoms with E-state index in [4.69, 9.17) is 14.2 Å². The molecule has 0 bridgehead atoms. The SMILES string of the molecule is COC(=O)/C=C(\C(=O)OC)n1cc(C(=O)OC)c(C(=O)OC)c1N1CCCC1. The molecule has 0 unspecified atom stereocenters. The van der Waals surface area contributed by atoms with Gasteiger partial charge in [0.05, 0.1) is 40.1 Å². The van der Waals surface area contributed by atoms with Crippen LogP contribution in [0.3, 0.4) is 0 Å². The first-order valence-electron chi connectivity index (χ1n) is 8.44. The quantitative estimate of drug-likeness (QED) is 0.393. The van der Waals surface area contributed by atoms with Crippen molar-refractivity contribution in [3.05, 3.63) is 23.4 Å². The van der Waals surface area contributed by atoms with E-state index >= 15 is 0 Å². The minimum Gasteiger partial charge on any atom is -0.466 e. The van der Waals surface area contributed by atoms with E-state index < -0.39 is 23.9 Å². The fourth-order valence-corrected chi connectivity index (χ4v) is 2.99. The Kier molecular flexibility index (Phi) is 6.80. The van der Waals surface area contributed by atoms with Crippen molar-refractivity contribution >= 4 is 35.4 Å². The molecule has 0 saturated carbocycles. The van der Waals surface area contributed by atoms with Crippen LogP contribution in [-0.4, -0.2) is 70.0 Å². The summed E-state index contributed by atoms with van der Waals surface area (Å²) in [5, 5.41) is 0. The second-order valence-electron chi connectivity index (χ2n) is 5.83. The number of hydrogen-bond donors (Lipinski definition) is 0. The first-order chi connectivity index (χ1) is 13.4. The molecule has 1 fully saturated rings. The van der Waals surface area contributed by atoms with Gasteiger partial charge in [0.1, 0.15) is 17.1 Å². The Hall–Kier alpha value is -3.30. The summed E-state index contributed by atoms with van der Waals surface area (Å²) in [7, 11) is 4.65. The maximum atomic E-state index is 12.5. The molecule has 0 N–H and O–H groups in total. The molecule has 10 heteroatoms. The van der Waals surface area contributed by atoms with Crippen molar-refractivity contribution in [1.82, 2.24) is 4.57 Å². The average Bonchev–Trinajstić information content (AvgIpc) is 3.37. The molecule has 152 valence electrons. The molecule has 1 aliphatic heterocycles. The largest absolute Gasteiger partial charge is 0.466 e. The number of nitrogens with zero attached hydrogens (tertiary/aromatic N) is 2. The number of methoxy groups -OCH3 is 4. The van der Waals surface area contributed by atoms with Gasteiger partial charge in [0.2, 0.25) is 0 Å². The van der Waals surface area contributed by atoms with Gasteiger partial charge in [0.15, 0.2) is 0 Å². The molecule has 1 aromatic heterocycles. The minimum absolute atomic E-state index is 0.0593. The van der Waals surface area contributed by atoms with E-state index in [1.807, 2.05) is 4.90 Å². The second kappa shape index (κ2) is 9.07. The van der Waals surface area contributed by atoms with Crippen LogP contribution in [0, 0.1) is 0 Å². The molecule has 0 spiro atoms. The van der Waals surface area contributed by atoms with Gasteiger partial charge >= 0.3 is 23.9 Å². The molecular formula is C18H22N2O8. The Bertz CT molecular complexity index is 818. The lowest BCUT2D eigenvalue weighted by Gasteiger charge is -2.22. The Morgan fingerprint density at radius 3 is 2.00 bits per heavy atom. The summed E-state index contributed by atoms with van der Waals surface area (Å²) in [6.45, 7) is 1.17. The molecule has 1 aliphatic rings. The molecule has 2 heterocycles. The minimum atomic E-state index is -0.853. The van der Waals surface area contributed by atoms with E-state index in [9.17, 15) is 19.2 Å². The average molecular weight is 394 g/mol. The third kappa shape index (κ3) is 4.00. The first-order valence-corrected chi connectivity index (χ1v) is 8.44. The Morgan fingerprint density at radius 2 is 1.50 bits per heavy atom. The number of anilines is 1. The number of hydrogen-bond acceptors (Lipinski definition) is 9. The molecule has 10 nitrogen and oxygen atoms in total. The summed E-state index contributed by atoms with van der Waals surface area (Å²) in [5.41, 5.74) is -0.386. The van der Waals surface area contributed by atoms with Gasteiger partial charge in [-0.15, -0.1) is 0 Å². The highest BCUT2D eigenvalue weighted by Gasteiger charge is 2.34. The monoisotopic (exact) mass is 394 g/mol. The van der Waals surface area contributed by atoms with Gasteiger partial charge in [-0.25, -0.2) is 19.2 Å². The highest BCUT2D eigenvalue weighted by atomic mass is 16.5. The van der Waals surface area contributed by atoms with Crippen LogP contribution in [0.5, 0.6) is 0 Å². The molecule has 1 saturated heterocycles. The van der Waals surface area contributed by atoms with Gasteiger partial charge < -0.3 is 23.8 Å². The van der Waals surface area contributed by atoms with Gasteiger partial charge in [-0.2, -0.15) is 0 Å². The Morgan fingerprint density at radius 1 is 0.893 bits per heavy atom. The smallest absolute Gasteiger partial charge is 0.355 e. The van der Waals surface area contributed by atoms with E-state index in [0.29, 0.717) is 13.1 Å². The summed E-state index contributed by atoms with van der Waals surface area (Å²) >= 11 is 0. The third-order valence-corrected chi connectivity index (χ3v) is 4.29. The van der Waals surface area contributed by atoms with Crippen LogP contribution in [0.1, 0.15) is 33.6 Å². The van der Waals surface area contributed by atoms with E-state index in [2.05, 4.69) is 4.74 Å². The van der Waals surface area contributed by atoms with Crippen molar-refractivity contribution < 1.29 is 38.1 Å². The van der Waals surface area contributed by atoms with Gasteiger partial charge in [-0.3, -0.25) is 4.57 Å². The molecule has 0 radical (unpaired) electrons.